The molecule has 1 nitrogen and oxygen atoms in total. The molecule has 1 aromatic rings. The van der Waals surface area contributed by atoms with Gasteiger partial charge in [-0.3, -0.25) is 0 Å². The van der Waals surface area contributed by atoms with E-state index in [1.54, 1.807) is 0 Å². The second-order valence-corrected chi connectivity index (χ2v) is 3.15. The van der Waals surface area contributed by atoms with Gasteiger partial charge in [0.05, 0.1) is 6.61 Å². The molecule has 0 spiro atoms. The summed E-state index contributed by atoms with van der Waals surface area (Å²) < 4.78 is 0. The number of aliphatic hydroxyl groups excluding tert-OH is 1. The monoisotopic (exact) mass is 182 g/mol. The third-order valence-corrected chi connectivity index (χ3v) is 1.84. The van der Waals surface area contributed by atoms with Crippen molar-refractivity contribution in [2.45, 2.75) is 6.42 Å². The Balaban J connectivity index is 2.64. The summed E-state index contributed by atoms with van der Waals surface area (Å²) in [6.07, 6.45) is 0.716. The minimum atomic E-state index is 0.0443. The van der Waals surface area contributed by atoms with Crippen molar-refractivity contribution >= 4 is 11.6 Å². The number of halogens is 1. The van der Waals surface area contributed by atoms with E-state index in [9.17, 15) is 0 Å². The van der Waals surface area contributed by atoms with E-state index in [2.05, 4.69) is 6.58 Å². The van der Waals surface area contributed by atoms with Gasteiger partial charge >= 0.3 is 0 Å². The van der Waals surface area contributed by atoms with E-state index in [4.69, 9.17) is 16.7 Å². The van der Waals surface area contributed by atoms with Crippen LogP contribution in [0.4, 0.5) is 0 Å². The highest BCUT2D eigenvalue weighted by Crippen LogP contribution is 2.11. The Morgan fingerprint density at radius 1 is 1.33 bits per heavy atom. The molecule has 0 saturated carbocycles. The summed E-state index contributed by atoms with van der Waals surface area (Å²) in [5.74, 6) is 0. The molecule has 1 rings (SSSR count). The fourth-order valence-electron chi connectivity index (χ4n) is 0.947. The van der Waals surface area contributed by atoms with Crippen LogP contribution in [0.15, 0.2) is 36.4 Å². The van der Waals surface area contributed by atoms with Gasteiger partial charge in [0.2, 0.25) is 0 Å². The molecular weight excluding hydrogens is 172 g/mol. The molecule has 0 aliphatic heterocycles. The highest BCUT2D eigenvalue weighted by atomic mass is 35.5. The summed E-state index contributed by atoms with van der Waals surface area (Å²) in [7, 11) is 0. The standard InChI is InChI=1S/C10H11ClO/c1-8(7-12)6-9-2-4-10(11)5-3-9/h2-5,12H,1,6-7H2. The van der Waals surface area contributed by atoms with E-state index in [1.165, 1.54) is 0 Å². The fourth-order valence-corrected chi connectivity index (χ4v) is 1.07. The van der Waals surface area contributed by atoms with Crippen molar-refractivity contribution in [3.8, 4) is 0 Å². The molecule has 0 saturated heterocycles. The highest BCUT2D eigenvalue weighted by Gasteiger charge is 1.95. The minimum Gasteiger partial charge on any atom is -0.392 e. The van der Waals surface area contributed by atoms with Gasteiger partial charge in [-0.2, -0.15) is 0 Å². The van der Waals surface area contributed by atoms with E-state index in [1.807, 2.05) is 24.3 Å². The molecule has 0 atom stereocenters. The molecule has 0 radical (unpaired) electrons. The Hall–Kier alpha value is -0.790. The maximum Gasteiger partial charge on any atom is 0.0642 e. The Bertz CT molecular complexity index is 264. The van der Waals surface area contributed by atoms with Crippen LogP contribution >= 0.6 is 11.6 Å². The molecule has 0 unspecified atom stereocenters. The van der Waals surface area contributed by atoms with Gasteiger partial charge in [0.1, 0.15) is 0 Å². The molecule has 0 amide bonds. The second-order valence-electron chi connectivity index (χ2n) is 2.71. The molecule has 0 aliphatic rings. The fraction of sp³-hybridized carbons (Fsp3) is 0.200. The Kier molecular flexibility index (Phi) is 3.32. The third-order valence-electron chi connectivity index (χ3n) is 1.59. The zero-order valence-electron chi connectivity index (χ0n) is 6.76. The molecule has 1 N–H and O–H groups in total. The Morgan fingerprint density at radius 3 is 2.42 bits per heavy atom. The van der Waals surface area contributed by atoms with Crippen molar-refractivity contribution in [1.29, 1.82) is 0 Å². The van der Waals surface area contributed by atoms with Crippen molar-refractivity contribution < 1.29 is 5.11 Å². The van der Waals surface area contributed by atoms with Crippen LogP contribution in [0, 0.1) is 0 Å². The highest BCUT2D eigenvalue weighted by molar-refractivity contribution is 6.30. The van der Waals surface area contributed by atoms with E-state index in [0.717, 1.165) is 16.2 Å². The lowest BCUT2D eigenvalue weighted by atomic mass is 10.1. The number of aliphatic hydroxyl groups is 1. The van der Waals surface area contributed by atoms with E-state index >= 15 is 0 Å². The van der Waals surface area contributed by atoms with Crippen molar-refractivity contribution in [3.63, 3.8) is 0 Å². The number of rotatable bonds is 3. The van der Waals surface area contributed by atoms with Crippen LogP contribution in [0.5, 0.6) is 0 Å². The first kappa shape index (κ1) is 9.30. The molecule has 2 heteroatoms. The smallest absolute Gasteiger partial charge is 0.0642 e. The Labute approximate surface area is 77.3 Å². The van der Waals surface area contributed by atoms with Crippen molar-refractivity contribution in [2.24, 2.45) is 0 Å². The van der Waals surface area contributed by atoms with Crippen molar-refractivity contribution in [2.75, 3.05) is 6.61 Å². The normalized spacial score (nSPS) is 9.83. The zero-order chi connectivity index (χ0) is 8.97. The van der Waals surface area contributed by atoms with Crippen LogP contribution in [0.25, 0.3) is 0 Å². The van der Waals surface area contributed by atoms with Crippen molar-refractivity contribution in [3.05, 3.63) is 47.0 Å². The molecule has 0 heterocycles. The minimum absolute atomic E-state index is 0.0443. The van der Waals surface area contributed by atoms with Gasteiger partial charge in [-0.1, -0.05) is 30.3 Å². The number of benzene rings is 1. The molecular formula is C10H11ClO. The summed E-state index contributed by atoms with van der Waals surface area (Å²) in [5.41, 5.74) is 1.94. The zero-order valence-corrected chi connectivity index (χ0v) is 7.51. The van der Waals surface area contributed by atoms with E-state index < -0.39 is 0 Å². The van der Waals surface area contributed by atoms with Crippen molar-refractivity contribution in [1.82, 2.24) is 0 Å². The van der Waals surface area contributed by atoms with Gasteiger partial charge in [0, 0.05) is 5.02 Å². The molecule has 0 fully saturated rings. The topological polar surface area (TPSA) is 20.2 Å². The SMILES string of the molecule is C=C(CO)Cc1ccc(Cl)cc1. The largest absolute Gasteiger partial charge is 0.392 e. The van der Waals surface area contributed by atoms with Crippen LogP contribution in [0.2, 0.25) is 5.02 Å². The summed E-state index contributed by atoms with van der Waals surface area (Å²) >= 11 is 5.71. The molecule has 0 aliphatic carbocycles. The van der Waals surface area contributed by atoms with Gasteiger partial charge < -0.3 is 5.11 Å². The van der Waals surface area contributed by atoms with Crippen LogP contribution in [-0.4, -0.2) is 11.7 Å². The van der Waals surface area contributed by atoms with Gasteiger partial charge in [-0.15, -0.1) is 0 Å². The first-order valence-corrected chi connectivity index (χ1v) is 4.12. The first-order chi connectivity index (χ1) is 5.72. The first-order valence-electron chi connectivity index (χ1n) is 3.74. The average Bonchev–Trinajstić information content (AvgIpc) is 2.09. The Morgan fingerprint density at radius 2 is 1.92 bits per heavy atom. The van der Waals surface area contributed by atoms with Gasteiger partial charge in [0.15, 0.2) is 0 Å². The summed E-state index contributed by atoms with van der Waals surface area (Å²) in [4.78, 5) is 0. The van der Waals surface area contributed by atoms with Crippen LogP contribution in [0.3, 0.4) is 0 Å². The molecule has 12 heavy (non-hydrogen) atoms. The lowest BCUT2D eigenvalue weighted by Crippen LogP contribution is -1.93. The number of hydrogen-bond donors (Lipinski definition) is 1. The van der Waals surface area contributed by atoms with E-state index in [0.29, 0.717) is 6.42 Å². The predicted octanol–water partition coefficient (Wildman–Crippen LogP) is 2.43. The predicted molar refractivity (Wildman–Crippen MR) is 51.4 cm³/mol. The summed E-state index contributed by atoms with van der Waals surface area (Å²) in [6.45, 7) is 3.75. The second kappa shape index (κ2) is 4.29. The maximum atomic E-state index is 8.73. The van der Waals surface area contributed by atoms with Gasteiger partial charge in [-0.25, -0.2) is 0 Å². The molecule has 0 aromatic heterocycles. The molecule has 1 aromatic carbocycles. The maximum absolute atomic E-state index is 8.73. The lowest BCUT2D eigenvalue weighted by molar-refractivity contribution is 0.329. The van der Waals surface area contributed by atoms with Gasteiger partial charge in [-0.05, 0) is 29.7 Å². The molecule has 64 valence electrons. The summed E-state index contributed by atoms with van der Waals surface area (Å²) in [5, 5.41) is 9.46. The van der Waals surface area contributed by atoms with Gasteiger partial charge in [0.25, 0.3) is 0 Å². The van der Waals surface area contributed by atoms with Crippen LogP contribution in [0.1, 0.15) is 5.56 Å². The van der Waals surface area contributed by atoms with Crippen LogP contribution < -0.4 is 0 Å². The van der Waals surface area contributed by atoms with Crippen LogP contribution in [-0.2, 0) is 6.42 Å². The third kappa shape index (κ3) is 2.68. The number of hydrogen-bond acceptors (Lipinski definition) is 1. The summed E-state index contributed by atoms with van der Waals surface area (Å²) in [6, 6.07) is 7.54. The lowest BCUT2D eigenvalue weighted by Gasteiger charge is -2.01. The molecule has 0 bridgehead atoms. The van der Waals surface area contributed by atoms with E-state index in [-0.39, 0.29) is 6.61 Å². The quantitative estimate of drug-likeness (QED) is 0.712. The average molecular weight is 183 g/mol.